The van der Waals surface area contributed by atoms with Gasteiger partial charge in [0.25, 0.3) is 5.91 Å². The number of carbonyl (C=O) groups is 2. The molecule has 1 saturated heterocycles. The molecule has 2 fully saturated rings. The van der Waals surface area contributed by atoms with Crippen molar-refractivity contribution in [3.8, 4) is 0 Å². The summed E-state index contributed by atoms with van der Waals surface area (Å²) in [7, 11) is 0. The van der Waals surface area contributed by atoms with E-state index in [9.17, 15) is 9.59 Å². The first-order valence-corrected chi connectivity index (χ1v) is 9.33. The topological polar surface area (TPSA) is 40.6 Å². The van der Waals surface area contributed by atoms with Crippen molar-refractivity contribution in [3.05, 3.63) is 35.4 Å². The average molecular weight is 328 g/mol. The number of benzene rings is 1. The monoisotopic (exact) mass is 328 g/mol. The molecule has 1 heterocycles. The van der Waals surface area contributed by atoms with Gasteiger partial charge >= 0.3 is 0 Å². The van der Waals surface area contributed by atoms with Crippen molar-refractivity contribution in [1.29, 1.82) is 0 Å². The Morgan fingerprint density at radius 1 is 0.958 bits per heavy atom. The van der Waals surface area contributed by atoms with Crippen molar-refractivity contribution in [2.75, 3.05) is 26.2 Å². The van der Waals surface area contributed by atoms with Crippen molar-refractivity contribution in [1.82, 2.24) is 9.80 Å². The third-order valence-corrected chi connectivity index (χ3v) is 5.47. The molecule has 0 atom stereocenters. The predicted octanol–water partition coefficient (Wildman–Crippen LogP) is 3.11. The fourth-order valence-electron chi connectivity index (χ4n) is 3.82. The summed E-state index contributed by atoms with van der Waals surface area (Å²) in [4.78, 5) is 28.8. The van der Waals surface area contributed by atoms with Gasteiger partial charge in [0, 0.05) is 38.2 Å². The third-order valence-electron chi connectivity index (χ3n) is 5.47. The number of nitrogens with zero attached hydrogens (tertiary/aromatic N) is 2. The van der Waals surface area contributed by atoms with Crippen LogP contribution in [-0.4, -0.2) is 47.8 Å². The lowest BCUT2D eigenvalue weighted by molar-refractivity contribution is -0.133. The number of piperazine rings is 1. The Hall–Kier alpha value is -1.84. The third kappa shape index (κ3) is 3.97. The molecule has 0 N–H and O–H groups in total. The average Bonchev–Trinajstić information content (AvgIpc) is 3.14. The molecule has 4 heteroatoms. The first-order chi connectivity index (χ1) is 11.7. The zero-order valence-electron chi connectivity index (χ0n) is 14.7. The highest BCUT2D eigenvalue weighted by molar-refractivity contribution is 5.94. The van der Waals surface area contributed by atoms with Gasteiger partial charge in [0.2, 0.25) is 5.91 Å². The number of amides is 2. The molecule has 130 valence electrons. The van der Waals surface area contributed by atoms with E-state index in [1.165, 1.54) is 31.2 Å². The van der Waals surface area contributed by atoms with Crippen LogP contribution in [0, 0.1) is 5.92 Å². The minimum Gasteiger partial charge on any atom is -0.339 e. The molecule has 0 unspecified atom stereocenters. The number of hydrogen-bond donors (Lipinski definition) is 0. The van der Waals surface area contributed by atoms with Crippen LogP contribution in [0.25, 0.3) is 0 Å². The maximum Gasteiger partial charge on any atom is 0.253 e. The van der Waals surface area contributed by atoms with Crippen LogP contribution >= 0.6 is 0 Å². The van der Waals surface area contributed by atoms with E-state index in [1.807, 2.05) is 34.1 Å². The van der Waals surface area contributed by atoms with Gasteiger partial charge in [0.1, 0.15) is 0 Å². The summed E-state index contributed by atoms with van der Waals surface area (Å²) in [5.74, 6) is 0.955. The maximum absolute atomic E-state index is 12.6. The molecule has 0 bridgehead atoms. The van der Waals surface area contributed by atoms with Gasteiger partial charge in [-0.05, 0) is 42.9 Å². The fraction of sp³-hybridized carbons (Fsp3) is 0.600. The Morgan fingerprint density at radius 3 is 2.12 bits per heavy atom. The molecule has 4 nitrogen and oxygen atoms in total. The van der Waals surface area contributed by atoms with Crippen LogP contribution in [0.4, 0.5) is 0 Å². The van der Waals surface area contributed by atoms with Gasteiger partial charge in [-0.3, -0.25) is 9.59 Å². The predicted molar refractivity (Wildman–Crippen MR) is 94.9 cm³/mol. The normalized spacial score (nSPS) is 18.9. The van der Waals surface area contributed by atoms with Crippen molar-refractivity contribution in [2.45, 2.75) is 45.4 Å². The van der Waals surface area contributed by atoms with Gasteiger partial charge in [-0.25, -0.2) is 0 Å². The van der Waals surface area contributed by atoms with E-state index in [1.54, 1.807) is 0 Å². The summed E-state index contributed by atoms with van der Waals surface area (Å²) in [5, 5.41) is 0. The Bertz CT molecular complexity index is 568. The van der Waals surface area contributed by atoms with Crippen molar-refractivity contribution in [3.63, 3.8) is 0 Å². The standard InChI is InChI=1S/C20H28N2O2/c1-2-16-7-9-18(10-8-16)20(24)22-13-11-21(12-14-22)19(23)15-17-5-3-4-6-17/h7-10,17H,2-6,11-15H2,1H3. The lowest BCUT2D eigenvalue weighted by atomic mass is 10.0. The molecular formula is C20H28N2O2. The quantitative estimate of drug-likeness (QED) is 0.852. The van der Waals surface area contributed by atoms with E-state index >= 15 is 0 Å². The molecule has 2 aliphatic rings. The molecule has 0 aromatic heterocycles. The largest absolute Gasteiger partial charge is 0.339 e. The molecule has 3 rings (SSSR count). The molecule has 1 aromatic rings. The number of hydrogen-bond acceptors (Lipinski definition) is 2. The maximum atomic E-state index is 12.6. The van der Waals surface area contributed by atoms with Crippen LogP contribution in [-0.2, 0) is 11.2 Å². The molecular weight excluding hydrogens is 300 g/mol. The van der Waals surface area contributed by atoms with E-state index in [4.69, 9.17) is 0 Å². The van der Waals surface area contributed by atoms with E-state index < -0.39 is 0 Å². The minimum atomic E-state index is 0.0838. The molecule has 1 aliphatic carbocycles. The zero-order valence-corrected chi connectivity index (χ0v) is 14.7. The van der Waals surface area contributed by atoms with E-state index in [2.05, 4.69) is 6.92 Å². The van der Waals surface area contributed by atoms with E-state index in [0.717, 1.165) is 12.0 Å². The van der Waals surface area contributed by atoms with Crippen molar-refractivity contribution < 1.29 is 9.59 Å². The van der Waals surface area contributed by atoms with Crippen LogP contribution in [0.3, 0.4) is 0 Å². The van der Waals surface area contributed by atoms with Gasteiger partial charge < -0.3 is 9.80 Å². The summed E-state index contributed by atoms with van der Waals surface area (Å²) in [6.07, 6.45) is 6.65. The van der Waals surface area contributed by atoms with Crippen LogP contribution in [0.1, 0.15) is 54.9 Å². The second-order valence-electron chi connectivity index (χ2n) is 7.08. The first-order valence-electron chi connectivity index (χ1n) is 9.33. The summed E-state index contributed by atoms with van der Waals surface area (Å²) in [6.45, 7) is 4.74. The molecule has 24 heavy (non-hydrogen) atoms. The fourth-order valence-corrected chi connectivity index (χ4v) is 3.82. The number of aryl methyl sites for hydroxylation is 1. The lowest BCUT2D eigenvalue weighted by Crippen LogP contribution is -2.50. The second-order valence-corrected chi connectivity index (χ2v) is 7.08. The van der Waals surface area contributed by atoms with Gasteiger partial charge in [-0.15, -0.1) is 0 Å². The van der Waals surface area contributed by atoms with E-state index in [-0.39, 0.29) is 11.8 Å². The van der Waals surface area contributed by atoms with Gasteiger partial charge in [-0.2, -0.15) is 0 Å². The van der Waals surface area contributed by atoms with Crippen molar-refractivity contribution >= 4 is 11.8 Å². The Balaban J connectivity index is 1.50. The highest BCUT2D eigenvalue weighted by atomic mass is 16.2. The smallest absolute Gasteiger partial charge is 0.253 e. The molecule has 1 aliphatic heterocycles. The number of carbonyl (C=O) groups excluding carboxylic acids is 2. The first kappa shape index (κ1) is 17.0. The van der Waals surface area contributed by atoms with E-state index in [0.29, 0.717) is 38.5 Å². The van der Waals surface area contributed by atoms with Crippen molar-refractivity contribution in [2.24, 2.45) is 5.92 Å². The van der Waals surface area contributed by atoms with Gasteiger partial charge in [0.15, 0.2) is 0 Å². The van der Waals surface area contributed by atoms with Gasteiger partial charge in [0.05, 0.1) is 0 Å². The molecule has 0 radical (unpaired) electrons. The highest BCUT2D eigenvalue weighted by Crippen LogP contribution is 2.28. The summed E-state index contributed by atoms with van der Waals surface area (Å²) in [6, 6.07) is 7.88. The molecule has 0 spiro atoms. The summed E-state index contributed by atoms with van der Waals surface area (Å²) < 4.78 is 0. The zero-order chi connectivity index (χ0) is 16.9. The summed E-state index contributed by atoms with van der Waals surface area (Å²) in [5.41, 5.74) is 1.99. The molecule has 1 saturated carbocycles. The Kier molecular flexibility index (Phi) is 5.54. The van der Waals surface area contributed by atoms with Crippen LogP contribution in [0.5, 0.6) is 0 Å². The lowest BCUT2D eigenvalue weighted by Gasteiger charge is -2.35. The van der Waals surface area contributed by atoms with Crippen LogP contribution < -0.4 is 0 Å². The van der Waals surface area contributed by atoms with Crippen LogP contribution in [0.2, 0.25) is 0 Å². The molecule has 2 amide bonds. The summed E-state index contributed by atoms with van der Waals surface area (Å²) >= 11 is 0. The highest BCUT2D eigenvalue weighted by Gasteiger charge is 2.27. The molecule has 1 aromatic carbocycles. The second kappa shape index (κ2) is 7.82. The van der Waals surface area contributed by atoms with Crippen LogP contribution in [0.15, 0.2) is 24.3 Å². The Labute approximate surface area is 144 Å². The minimum absolute atomic E-state index is 0.0838. The van der Waals surface area contributed by atoms with Gasteiger partial charge in [-0.1, -0.05) is 31.9 Å². The Morgan fingerprint density at radius 2 is 1.54 bits per heavy atom. The SMILES string of the molecule is CCc1ccc(C(=O)N2CCN(C(=O)CC3CCCC3)CC2)cc1. The number of rotatable bonds is 4.